The first-order chi connectivity index (χ1) is 10.1. The van der Waals surface area contributed by atoms with Crippen LogP contribution in [0, 0.1) is 10.1 Å². The Morgan fingerprint density at radius 2 is 2.14 bits per heavy atom. The zero-order valence-electron chi connectivity index (χ0n) is 12.4. The number of hydrogen-bond acceptors (Lipinski definition) is 5. The molecule has 0 aliphatic heterocycles. The van der Waals surface area contributed by atoms with E-state index in [-0.39, 0.29) is 5.69 Å². The van der Waals surface area contributed by atoms with Gasteiger partial charge in [-0.3, -0.25) is 10.1 Å². The van der Waals surface area contributed by atoms with E-state index in [1.807, 2.05) is 0 Å². The Hall–Kier alpha value is -2.15. The number of fused-ring (bicyclic) bond motifs is 1. The molecule has 1 heterocycles. The summed E-state index contributed by atoms with van der Waals surface area (Å²) in [5, 5.41) is 14.0. The highest BCUT2D eigenvalue weighted by molar-refractivity contribution is 5.79. The van der Waals surface area contributed by atoms with Crippen molar-refractivity contribution < 1.29 is 4.92 Å². The van der Waals surface area contributed by atoms with Gasteiger partial charge in [-0.05, 0) is 32.1 Å². The lowest BCUT2D eigenvalue weighted by Gasteiger charge is -2.17. The summed E-state index contributed by atoms with van der Waals surface area (Å²) in [6.45, 7) is 8.30. The Bertz CT molecular complexity index is 606. The van der Waals surface area contributed by atoms with Crippen LogP contribution in [0.5, 0.6) is 0 Å². The second-order valence-corrected chi connectivity index (χ2v) is 4.85. The number of aromatic amines is 1. The van der Waals surface area contributed by atoms with Crippen LogP contribution in [-0.4, -0.2) is 46.0 Å². The molecule has 1 aromatic carbocycles. The van der Waals surface area contributed by atoms with Crippen molar-refractivity contribution in [2.75, 3.05) is 31.5 Å². The van der Waals surface area contributed by atoms with Crippen LogP contribution in [0.1, 0.15) is 20.3 Å². The number of imidazole rings is 1. The molecular formula is C14H21N5O2. The number of nitrogens with one attached hydrogen (secondary N) is 2. The molecule has 0 aliphatic carbocycles. The Morgan fingerprint density at radius 3 is 2.81 bits per heavy atom. The summed E-state index contributed by atoms with van der Waals surface area (Å²) in [5.74, 6) is 0.657. The molecule has 7 heteroatoms. The molecule has 0 bridgehead atoms. The topological polar surface area (TPSA) is 87.1 Å². The number of H-pyrrole nitrogens is 1. The third-order valence-corrected chi connectivity index (χ3v) is 3.51. The molecule has 0 saturated heterocycles. The summed E-state index contributed by atoms with van der Waals surface area (Å²) < 4.78 is 0. The smallest absolute Gasteiger partial charge is 0.271 e. The maximum Gasteiger partial charge on any atom is 0.271 e. The highest BCUT2D eigenvalue weighted by atomic mass is 16.6. The molecule has 0 aliphatic rings. The third-order valence-electron chi connectivity index (χ3n) is 3.51. The summed E-state index contributed by atoms with van der Waals surface area (Å²) in [4.78, 5) is 20.1. The Kier molecular flexibility index (Phi) is 5.10. The summed E-state index contributed by atoms with van der Waals surface area (Å²) in [7, 11) is 0. The van der Waals surface area contributed by atoms with Gasteiger partial charge in [0.25, 0.3) is 5.69 Å². The molecule has 0 unspecified atom stereocenters. The monoisotopic (exact) mass is 291 g/mol. The molecule has 0 saturated carbocycles. The minimum absolute atomic E-state index is 0.0687. The zero-order valence-corrected chi connectivity index (χ0v) is 12.4. The number of rotatable bonds is 8. The van der Waals surface area contributed by atoms with Crippen molar-refractivity contribution in [1.29, 1.82) is 0 Å². The standard InChI is InChI=1S/C14H21N5O2/c1-3-18(4-2)9-5-8-15-14-16-12-7-6-11(19(20)21)10-13(12)17-14/h6-7,10H,3-5,8-9H2,1-2H3,(H2,15,16,17). The van der Waals surface area contributed by atoms with Crippen molar-refractivity contribution in [3.63, 3.8) is 0 Å². The summed E-state index contributed by atoms with van der Waals surface area (Å²) in [5.41, 5.74) is 1.47. The molecule has 114 valence electrons. The number of anilines is 1. The average Bonchev–Trinajstić information content (AvgIpc) is 2.89. The summed E-state index contributed by atoms with van der Waals surface area (Å²) in [6.07, 6.45) is 1.03. The first-order valence-electron chi connectivity index (χ1n) is 7.24. The molecule has 0 radical (unpaired) electrons. The van der Waals surface area contributed by atoms with Crippen molar-refractivity contribution in [3.05, 3.63) is 28.3 Å². The van der Waals surface area contributed by atoms with Crippen LogP contribution in [0.4, 0.5) is 11.6 Å². The van der Waals surface area contributed by atoms with Gasteiger partial charge in [-0.2, -0.15) is 0 Å². The maximum atomic E-state index is 10.7. The molecule has 1 aromatic heterocycles. The zero-order chi connectivity index (χ0) is 15.2. The van der Waals surface area contributed by atoms with E-state index < -0.39 is 4.92 Å². The van der Waals surface area contributed by atoms with Gasteiger partial charge >= 0.3 is 0 Å². The van der Waals surface area contributed by atoms with E-state index in [1.165, 1.54) is 12.1 Å². The average molecular weight is 291 g/mol. The fourth-order valence-electron chi connectivity index (χ4n) is 2.24. The number of hydrogen-bond donors (Lipinski definition) is 2. The predicted molar refractivity (Wildman–Crippen MR) is 83.6 cm³/mol. The van der Waals surface area contributed by atoms with Gasteiger partial charge in [0.2, 0.25) is 5.95 Å². The first kappa shape index (κ1) is 15.2. The Balaban J connectivity index is 1.92. The van der Waals surface area contributed by atoms with Gasteiger partial charge in [-0.1, -0.05) is 13.8 Å². The number of benzene rings is 1. The molecule has 0 spiro atoms. The minimum Gasteiger partial charge on any atom is -0.356 e. The van der Waals surface area contributed by atoms with E-state index in [0.29, 0.717) is 11.5 Å². The molecule has 2 aromatic rings. The normalized spacial score (nSPS) is 11.2. The molecule has 0 fully saturated rings. The van der Waals surface area contributed by atoms with Crippen molar-refractivity contribution in [3.8, 4) is 0 Å². The lowest BCUT2D eigenvalue weighted by molar-refractivity contribution is -0.384. The van der Waals surface area contributed by atoms with Crippen LogP contribution in [0.3, 0.4) is 0 Å². The van der Waals surface area contributed by atoms with Gasteiger partial charge in [0, 0.05) is 18.7 Å². The summed E-state index contributed by atoms with van der Waals surface area (Å²) in [6, 6.07) is 4.63. The molecule has 7 nitrogen and oxygen atoms in total. The molecule has 2 rings (SSSR count). The highest BCUT2D eigenvalue weighted by Gasteiger charge is 2.09. The Morgan fingerprint density at radius 1 is 1.38 bits per heavy atom. The highest BCUT2D eigenvalue weighted by Crippen LogP contribution is 2.20. The third kappa shape index (κ3) is 3.91. The summed E-state index contributed by atoms with van der Waals surface area (Å²) >= 11 is 0. The lowest BCUT2D eigenvalue weighted by atomic mass is 10.3. The molecular weight excluding hydrogens is 270 g/mol. The lowest BCUT2D eigenvalue weighted by Crippen LogP contribution is -2.25. The van der Waals surface area contributed by atoms with E-state index >= 15 is 0 Å². The molecule has 21 heavy (non-hydrogen) atoms. The van der Waals surface area contributed by atoms with E-state index in [2.05, 4.69) is 34.0 Å². The maximum absolute atomic E-state index is 10.7. The number of nitrogens with zero attached hydrogens (tertiary/aromatic N) is 3. The van der Waals surface area contributed by atoms with Crippen LogP contribution in [-0.2, 0) is 0 Å². The SMILES string of the molecule is CCN(CC)CCCNc1nc2ccc([N+](=O)[O-])cc2[nH]1. The van der Waals surface area contributed by atoms with Gasteiger partial charge in [0.05, 0.1) is 16.0 Å². The fourth-order valence-corrected chi connectivity index (χ4v) is 2.24. The van der Waals surface area contributed by atoms with Crippen LogP contribution < -0.4 is 5.32 Å². The number of nitro groups is 1. The second kappa shape index (κ2) is 7.03. The predicted octanol–water partition coefficient (Wildman–Crippen LogP) is 2.61. The number of aromatic nitrogens is 2. The minimum atomic E-state index is -0.405. The molecule has 0 atom stereocenters. The van der Waals surface area contributed by atoms with Crippen molar-refractivity contribution in [2.24, 2.45) is 0 Å². The van der Waals surface area contributed by atoms with Gasteiger partial charge < -0.3 is 15.2 Å². The largest absolute Gasteiger partial charge is 0.356 e. The molecule has 2 N–H and O–H groups in total. The van der Waals surface area contributed by atoms with Crippen LogP contribution in [0.2, 0.25) is 0 Å². The van der Waals surface area contributed by atoms with E-state index in [9.17, 15) is 10.1 Å². The van der Waals surface area contributed by atoms with Crippen molar-refractivity contribution >= 4 is 22.7 Å². The van der Waals surface area contributed by atoms with E-state index in [1.54, 1.807) is 6.07 Å². The number of nitro benzene ring substituents is 1. The van der Waals surface area contributed by atoms with E-state index in [0.717, 1.165) is 38.1 Å². The van der Waals surface area contributed by atoms with Crippen LogP contribution in [0.15, 0.2) is 18.2 Å². The van der Waals surface area contributed by atoms with E-state index in [4.69, 9.17) is 0 Å². The van der Waals surface area contributed by atoms with Crippen molar-refractivity contribution in [2.45, 2.75) is 20.3 Å². The number of non-ortho nitro benzene ring substituents is 1. The van der Waals surface area contributed by atoms with Gasteiger partial charge in [0.15, 0.2) is 0 Å². The van der Waals surface area contributed by atoms with Gasteiger partial charge in [0.1, 0.15) is 0 Å². The molecule has 0 amide bonds. The van der Waals surface area contributed by atoms with Crippen molar-refractivity contribution in [1.82, 2.24) is 14.9 Å². The second-order valence-electron chi connectivity index (χ2n) is 4.85. The van der Waals surface area contributed by atoms with Crippen LogP contribution >= 0.6 is 0 Å². The van der Waals surface area contributed by atoms with Crippen LogP contribution in [0.25, 0.3) is 11.0 Å². The Labute approximate surface area is 123 Å². The fraction of sp³-hybridized carbons (Fsp3) is 0.500. The van der Waals surface area contributed by atoms with Gasteiger partial charge in [-0.25, -0.2) is 4.98 Å². The van der Waals surface area contributed by atoms with Gasteiger partial charge in [-0.15, -0.1) is 0 Å². The first-order valence-corrected chi connectivity index (χ1v) is 7.24. The quantitative estimate of drug-likeness (QED) is 0.443.